The van der Waals surface area contributed by atoms with E-state index in [1.165, 1.54) is 0 Å². The van der Waals surface area contributed by atoms with Crippen LogP contribution >= 0.6 is 0 Å². The fourth-order valence-corrected chi connectivity index (χ4v) is 3.61. The summed E-state index contributed by atoms with van der Waals surface area (Å²) in [5.41, 5.74) is 2.98. The number of carbonyl (C=O) groups is 1. The van der Waals surface area contributed by atoms with Gasteiger partial charge in [0.1, 0.15) is 12.4 Å². The van der Waals surface area contributed by atoms with E-state index in [4.69, 9.17) is 4.74 Å². The Labute approximate surface area is 172 Å². The van der Waals surface area contributed by atoms with Gasteiger partial charge in [0.15, 0.2) is 0 Å². The highest BCUT2D eigenvalue weighted by atomic mass is 16.5. The van der Waals surface area contributed by atoms with Crippen LogP contribution in [0, 0.1) is 0 Å². The van der Waals surface area contributed by atoms with E-state index in [9.17, 15) is 4.79 Å². The number of benzene rings is 3. The fourth-order valence-electron chi connectivity index (χ4n) is 3.61. The van der Waals surface area contributed by atoms with Crippen molar-refractivity contribution in [2.75, 3.05) is 18.4 Å². The SMILES string of the molecule is O=C(c1ccc(OCc2ccccc2)cc1)N1CCC(Nc2ccccc2)CC1. The second-order valence-corrected chi connectivity index (χ2v) is 7.38. The molecule has 1 aliphatic rings. The number of piperidine rings is 1. The van der Waals surface area contributed by atoms with Crippen molar-refractivity contribution in [1.29, 1.82) is 0 Å². The van der Waals surface area contributed by atoms with Gasteiger partial charge in [-0.2, -0.15) is 0 Å². The zero-order chi connectivity index (χ0) is 19.9. The first-order chi connectivity index (χ1) is 14.3. The molecule has 0 atom stereocenters. The van der Waals surface area contributed by atoms with E-state index >= 15 is 0 Å². The van der Waals surface area contributed by atoms with Crippen LogP contribution in [0.1, 0.15) is 28.8 Å². The number of hydrogen-bond acceptors (Lipinski definition) is 3. The van der Waals surface area contributed by atoms with Gasteiger partial charge in [-0.3, -0.25) is 4.79 Å². The van der Waals surface area contributed by atoms with E-state index in [0.717, 1.165) is 42.9 Å². The Hall–Kier alpha value is -3.27. The number of likely N-dealkylation sites (tertiary alicyclic amines) is 1. The number of ether oxygens (including phenoxy) is 1. The third-order valence-corrected chi connectivity index (χ3v) is 5.28. The molecule has 0 spiro atoms. The van der Waals surface area contributed by atoms with E-state index < -0.39 is 0 Å². The smallest absolute Gasteiger partial charge is 0.253 e. The van der Waals surface area contributed by atoms with Crippen LogP contribution in [-0.2, 0) is 6.61 Å². The molecule has 148 valence electrons. The van der Waals surface area contributed by atoms with Crippen molar-refractivity contribution in [3.63, 3.8) is 0 Å². The maximum atomic E-state index is 12.8. The second kappa shape index (κ2) is 9.28. The molecule has 0 unspecified atom stereocenters. The summed E-state index contributed by atoms with van der Waals surface area (Å²) in [6, 6.07) is 28.2. The minimum atomic E-state index is 0.0952. The molecular formula is C25H26N2O2. The molecule has 0 radical (unpaired) electrons. The van der Waals surface area contributed by atoms with Crippen LogP contribution in [0.2, 0.25) is 0 Å². The Bertz CT molecular complexity index is 903. The molecule has 4 rings (SSSR count). The van der Waals surface area contributed by atoms with Gasteiger partial charge in [0.25, 0.3) is 5.91 Å². The van der Waals surface area contributed by atoms with Crippen LogP contribution in [0.4, 0.5) is 5.69 Å². The van der Waals surface area contributed by atoms with Gasteiger partial charge >= 0.3 is 0 Å². The van der Waals surface area contributed by atoms with Crippen molar-refractivity contribution in [3.8, 4) is 5.75 Å². The summed E-state index contributed by atoms with van der Waals surface area (Å²) in [6.07, 6.45) is 1.91. The van der Waals surface area contributed by atoms with E-state index in [-0.39, 0.29) is 5.91 Å². The van der Waals surface area contributed by atoms with Crippen molar-refractivity contribution < 1.29 is 9.53 Å². The molecule has 1 fully saturated rings. The summed E-state index contributed by atoms with van der Waals surface area (Å²) in [4.78, 5) is 14.8. The Morgan fingerprint density at radius 3 is 2.14 bits per heavy atom. The molecule has 3 aromatic carbocycles. The minimum absolute atomic E-state index is 0.0952. The Morgan fingerprint density at radius 1 is 0.862 bits per heavy atom. The quantitative estimate of drug-likeness (QED) is 0.649. The van der Waals surface area contributed by atoms with Crippen LogP contribution in [0.25, 0.3) is 0 Å². The van der Waals surface area contributed by atoms with Crippen molar-refractivity contribution in [3.05, 3.63) is 96.1 Å². The summed E-state index contributed by atoms with van der Waals surface area (Å²) >= 11 is 0. The highest BCUT2D eigenvalue weighted by Gasteiger charge is 2.23. The molecule has 0 aliphatic carbocycles. The molecule has 1 saturated heterocycles. The lowest BCUT2D eigenvalue weighted by Crippen LogP contribution is -2.42. The van der Waals surface area contributed by atoms with Gasteiger partial charge in [0.05, 0.1) is 0 Å². The third kappa shape index (κ3) is 5.17. The van der Waals surface area contributed by atoms with E-state index in [0.29, 0.717) is 18.2 Å². The zero-order valence-corrected chi connectivity index (χ0v) is 16.5. The first-order valence-electron chi connectivity index (χ1n) is 10.2. The number of amides is 1. The van der Waals surface area contributed by atoms with Crippen molar-refractivity contribution in [2.24, 2.45) is 0 Å². The molecule has 4 heteroatoms. The van der Waals surface area contributed by atoms with Gasteiger partial charge in [-0.15, -0.1) is 0 Å². The number of nitrogens with one attached hydrogen (secondary N) is 1. The first-order valence-corrected chi connectivity index (χ1v) is 10.2. The normalized spacial score (nSPS) is 14.4. The lowest BCUT2D eigenvalue weighted by atomic mass is 10.0. The van der Waals surface area contributed by atoms with Gasteiger partial charge in [0, 0.05) is 30.4 Å². The van der Waals surface area contributed by atoms with Gasteiger partial charge in [0.2, 0.25) is 0 Å². The van der Waals surface area contributed by atoms with Crippen LogP contribution in [0.5, 0.6) is 5.75 Å². The van der Waals surface area contributed by atoms with Crippen LogP contribution in [0.15, 0.2) is 84.9 Å². The summed E-state index contributed by atoms with van der Waals surface area (Å²) in [5, 5.41) is 3.56. The molecule has 1 aliphatic heterocycles. The molecule has 0 bridgehead atoms. The Balaban J connectivity index is 1.27. The van der Waals surface area contributed by atoms with Gasteiger partial charge < -0.3 is 15.0 Å². The number of nitrogens with zero attached hydrogens (tertiary/aromatic N) is 1. The highest BCUT2D eigenvalue weighted by molar-refractivity contribution is 5.94. The zero-order valence-electron chi connectivity index (χ0n) is 16.5. The molecule has 3 aromatic rings. The van der Waals surface area contributed by atoms with Crippen LogP contribution < -0.4 is 10.1 Å². The maximum Gasteiger partial charge on any atom is 0.253 e. The number of anilines is 1. The lowest BCUT2D eigenvalue weighted by molar-refractivity contribution is 0.0718. The minimum Gasteiger partial charge on any atom is -0.489 e. The molecule has 0 saturated carbocycles. The Morgan fingerprint density at radius 2 is 1.48 bits per heavy atom. The first kappa shape index (κ1) is 19.1. The predicted octanol–water partition coefficient (Wildman–Crippen LogP) is 4.98. The van der Waals surface area contributed by atoms with Gasteiger partial charge in [-0.1, -0.05) is 48.5 Å². The number of carbonyl (C=O) groups excluding carboxylic acids is 1. The molecular weight excluding hydrogens is 360 g/mol. The molecule has 29 heavy (non-hydrogen) atoms. The van der Waals surface area contributed by atoms with E-state index in [1.54, 1.807) is 0 Å². The van der Waals surface area contributed by atoms with Crippen molar-refractivity contribution in [2.45, 2.75) is 25.5 Å². The average molecular weight is 386 g/mol. The maximum absolute atomic E-state index is 12.8. The second-order valence-electron chi connectivity index (χ2n) is 7.38. The van der Waals surface area contributed by atoms with Crippen LogP contribution in [0.3, 0.4) is 0 Å². The number of para-hydroxylation sites is 1. The monoisotopic (exact) mass is 386 g/mol. The van der Waals surface area contributed by atoms with Crippen molar-refractivity contribution in [1.82, 2.24) is 4.90 Å². The topological polar surface area (TPSA) is 41.6 Å². The molecule has 0 aromatic heterocycles. The van der Waals surface area contributed by atoms with Crippen LogP contribution in [-0.4, -0.2) is 29.9 Å². The summed E-state index contributed by atoms with van der Waals surface area (Å²) in [6.45, 7) is 2.07. The number of rotatable bonds is 6. The Kier molecular flexibility index (Phi) is 6.10. The molecule has 4 nitrogen and oxygen atoms in total. The standard InChI is InChI=1S/C25H26N2O2/c28-25(27-17-15-23(16-18-27)26-22-9-5-2-6-10-22)21-11-13-24(14-12-21)29-19-20-7-3-1-4-8-20/h1-14,23,26H,15-19H2. The molecule has 1 heterocycles. The lowest BCUT2D eigenvalue weighted by Gasteiger charge is -2.33. The van der Waals surface area contributed by atoms with Crippen molar-refractivity contribution >= 4 is 11.6 Å². The highest BCUT2D eigenvalue weighted by Crippen LogP contribution is 2.20. The molecule has 1 amide bonds. The number of hydrogen-bond donors (Lipinski definition) is 1. The van der Waals surface area contributed by atoms with E-state index in [2.05, 4.69) is 17.4 Å². The molecule has 1 N–H and O–H groups in total. The van der Waals surface area contributed by atoms with Gasteiger partial charge in [-0.25, -0.2) is 0 Å². The summed E-state index contributed by atoms with van der Waals surface area (Å²) < 4.78 is 5.81. The van der Waals surface area contributed by atoms with Gasteiger partial charge in [-0.05, 0) is 54.8 Å². The van der Waals surface area contributed by atoms with E-state index in [1.807, 2.05) is 77.7 Å². The summed E-state index contributed by atoms with van der Waals surface area (Å²) in [5.74, 6) is 0.869. The fraction of sp³-hybridized carbons (Fsp3) is 0.240. The predicted molar refractivity (Wildman–Crippen MR) is 116 cm³/mol. The third-order valence-electron chi connectivity index (χ3n) is 5.28. The summed E-state index contributed by atoms with van der Waals surface area (Å²) in [7, 11) is 0. The largest absolute Gasteiger partial charge is 0.489 e. The average Bonchev–Trinajstić information content (AvgIpc) is 2.79.